The summed E-state index contributed by atoms with van der Waals surface area (Å²) in [6, 6.07) is 0.908. The van der Waals surface area contributed by atoms with Gasteiger partial charge in [0.15, 0.2) is 0 Å². The van der Waals surface area contributed by atoms with E-state index >= 15 is 0 Å². The van der Waals surface area contributed by atoms with Crippen LogP contribution in [0.4, 0.5) is 4.79 Å². The van der Waals surface area contributed by atoms with Crippen LogP contribution in [0.1, 0.15) is 27.7 Å². The molecule has 0 aromatic carbocycles. The largest absolute Gasteiger partial charge is 0.480 e. The van der Waals surface area contributed by atoms with Gasteiger partial charge in [-0.1, -0.05) is 0 Å². The third-order valence-corrected chi connectivity index (χ3v) is 2.81. The van der Waals surface area contributed by atoms with E-state index < -0.39 is 23.7 Å². The van der Waals surface area contributed by atoms with Gasteiger partial charge in [0, 0.05) is 5.75 Å². The fraction of sp³-hybridized carbons (Fsp3) is 0.727. The van der Waals surface area contributed by atoms with Crippen molar-refractivity contribution in [2.24, 2.45) is 0 Å². The molecule has 0 aliphatic carbocycles. The number of nitrogens with zero attached hydrogens (tertiary/aromatic N) is 1. The molecule has 2 unspecified atom stereocenters. The molecule has 0 heterocycles. The molecule has 18 heavy (non-hydrogen) atoms. The molecular formula is C11H18N2O4S. The normalized spacial score (nSPS) is 14.2. The Morgan fingerprint density at radius 3 is 2.44 bits per heavy atom. The molecule has 2 atom stereocenters. The molecule has 6 nitrogen and oxygen atoms in total. The Bertz CT molecular complexity index is 346. The molecule has 0 bridgehead atoms. The summed E-state index contributed by atoms with van der Waals surface area (Å²) in [5.41, 5.74) is -0.680. The fourth-order valence-electron chi connectivity index (χ4n) is 0.902. The van der Waals surface area contributed by atoms with Gasteiger partial charge in [0.1, 0.15) is 11.6 Å². The molecule has 0 saturated heterocycles. The van der Waals surface area contributed by atoms with Crippen LogP contribution in [0.5, 0.6) is 0 Å². The highest BCUT2D eigenvalue weighted by molar-refractivity contribution is 8.00. The standard InChI is InChI=1S/C11H18N2O4S/c1-7(5-12)18-6-8(9(14)15)13-10(16)17-11(2,3)4/h7-8H,6H2,1-4H3,(H,13,16)(H,14,15). The van der Waals surface area contributed by atoms with E-state index in [1.807, 2.05) is 6.07 Å². The topological polar surface area (TPSA) is 99.4 Å². The van der Waals surface area contributed by atoms with Crippen molar-refractivity contribution in [2.75, 3.05) is 5.75 Å². The van der Waals surface area contributed by atoms with Crippen molar-refractivity contribution in [1.82, 2.24) is 5.32 Å². The zero-order chi connectivity index (χ0) is 14.3. The van der Waals surface area contributed by atoms with Gasteiger partial charge >= 0.3 is 12.1 Å². The van der Waals surface area contributed by atoms with Gasteiger partial charge in [0.05, 0.1) is 11.3 Å². The second kappa shape index (κ2) is 7.11. The fourth-order valence-corrected chi connectivity index (χ4v) is 1.68. The van der Waals surface area contributed by atoms with Crippen molar-refractivity contribution in [2.45, 2.75) is 44.6 Å². The Morgan fingerprint density at radius 2 is 2.06 bits per heavy atom. The van der Waals surface area contributed by atoms with Gasteiger partial charge in [0.25, 0.3) is 0 Å². The molecule has 0 aromatic heterocycles. The predicted octanol–water partition coefficient (Wildman–Crippen LogP) is 1.61. The first-order chi connectivity index (χ1) is 8.15. The summed E-state index contributed by atoms with van der Waals surface area (Å²) >= 11 is 1.16. The number of nitrogens with one attached hydrogen (secondary N) is 1. The lowest BCUT2D eigenvalue weighted by Gasteiger charge is -2.22. The number of carboxylic acid groups (broad SMARTS) is 1. The number of carbonyl (C=O) groups is 2. The summed E-state index contributed by atoms with van der Waals surface area (Å²) in [6.07, 6.45) is -0.778. The minimum atomic E-state index is -1.15. The van der Waals surface area contributed by atoms with Gasteiger partial charge < -0.3 is 15.2 Å². The van der Waals surface area contributed by atoms with E-state index in [9.17, 15) is 9.59 Å². The van der Waals surface area contributed by atoms with Gasteiger partial charge in [-0.2, -0.15) is 5.26 Å². The number of carboxylic acids is 1. The Labute approximate surface area is 111 Å². The molecule has 102 valence electrons. The van der Waals surface area contributed by atoms with Crippen LogP contribution in [0, 0.1) is 11.3 Å². The van der Waals surface area contributed by atoms with Crippen molar-refractivity contribution in [3.63, 3.8) is 0 Å². The highest BCUT2D eigenvalue weighted by Gasteiger charge is 2.24. The van der Waals surface area contributed by atoms with E-state index in [-0.39, 0.29) is 11.0 Å². The van der Waals surface area contributed by atoms with Crippen LogP contribution >= 0.6 is 11.8 Å². The van der Waals surface area contributed by atoms with Crippen molar-refractivity contribution in [3.8, 4) is 6.07 Å². The Balaban J connectivity index is 4.33. The Hall–Kier alpha value is -1.42. The molecule has 0 radical (unpaired) electrons. The van der Waals surface area contributed by atoms with Gasteiger partial charge in [-0.25, -0.2) is 9.59 Å². The molecule has 1 amide bonds. The summed E-state index contributed by atoms with van der Waals surface area (Å²) in [5, 5.41) is 19.5. The first kappa shape index (κ1) is 16.6. The van der Waals surface area contributed by atoms with Gasteiger partial charge in [-0.3, -0.25) is 0 Å². The zero-order valence-electron chi connectivity index (χ0n) is 10.9. The molecule has 0 rings (SSSR count). The van der Waals surface area contributed by atoms with E-state index in [4.69, 9.17) is 15.1 Å². The second-order valence-corrected chi connectivity index (χ2v) is 6.02. The summed E-state index contributed by atoms with van der Waals surface area (Å²) in [4.78, 5) is 22.4. The van der Waals surface area contributed by atoms with Gasteiger partial charge in [-0.15, -0.1) is 11.8 Å². The third-order valence-electron chi connectivity index (χ3n) is 1.68. The number of aliphatic carboxylic acids is 1. The van der Waals surface area contributed by atoms with Crippen molar-refractivity contribution < 1.29 is 19.4 Å². The lowest BCUT2D eigenvalue weighted by Crippen LogP contribution is -2.45. The van der Waals surface area contributed by atoms with Crippen LogP contribution in [-0.2, 0) is 9.53 Å². The van der Waals surface area contributed by atoms with Gasteiger partial charge in [-0.05, 0) is 27.7 Å². The second-order valence-electron chi connectivity index (χ2n) is 4.64. The van der Waals surface area contributed by atoms with E-state index in [1.165, 1.54) is 0 Å². The quantitative estimate of drug-likeness (QED) is 0.790. The summed E-state index contributed by atoms with van der Waals surface area (Å²) in [6.45, 7) is 6.73. The van der Waals surface area contributed by atoms with Gasteiger partial charge in [0.2, 0.25) is 0 Å². The first-order valence-corrected chi connectivity index (χ1v) is 6.44. The smallest absolute Gasteiger partial charge is 0.408 e. The minimum absolute atomic E-state index is 0.114. The number of carbonyl (C=O) groups excluding carboxylic acids is 1. The summed E-state index contributed by atoms with van der Waals surface area (Å²) < 4.78 is 4.96. The predicted molar refractivity (Wildman–Crippen MR) is 68.3 cm³/mol. The Kier molecular flexibility index (Phi) is 6.55. The lowest BCUT2D eigenvalue weighted by molar-refractivity contribution is -0.138. The van der Waals surface area contributed by atoms with Crippen LogP contribution < -0.4 is 5.32 Å². The average molecular weight is 274 g/mol. The van der Waals surface area contributed by atoms with E-state index in [2.05, 4.69) is 5.32 Å². The number of ether oxygens (including phenoxy) is 1. The molecule has 0 spiro atoms. The SMILES string of the molecule is CC(C#N)SCC(NC(=O)OC(C)(C)C)C(=O)O. The van der Waals surface area contributed by atoms with E-state index in [1.54, 1.807) is 27.7 Å². The maximum atomic E-state index is 11.4. The van der Waals surface area contributed by atoms with Crippen LogP contribution in [0.25, 0.3) is 0 Å². The molecular weight excluding hydrogens is 256 g/mol. The average Bonchev–Trinajstić information content (AvgIpc) is 2.20. The molecule has 0 fully saturated rings. The van der Waals surface area contributed by atoms with Crippen molar-refractivity contribution >= 4 is 23.8 Å². The molecule has 2 N–H and O–H groups in total. The van der Waals surface area contributed by atoms with Crippen LogP contribution in [0.3, 0.4) is 0 Å². The Morgan fingerprint density at radius 1 is 1.50 bits per heavy atom. The number of nitriles is 1. The summed E-state index contributed by atoms with van der Waals surface area (Å²) in [7, 11) is 0. The molecule has 0 aromatic rings. The first-order valence-electron chi connectivity index (χ1n) is 5.39. The van der Waals surface area contributed by atoms with Crippen molar-refractivity contribution in [1.29, 1.82) is 5.26 Å². The highest BCUT2D eigenvalue weighted by atomic mass is 32.2. The number of alkyl carbamates (subject to hydrolysis) is 1. The van der Waals surface area contributed by atoms with Crippen LogP contribution in [-0.4, -0.2) is 39.8 Å². The lowest BCUT2D eigenvalue weighted by atomic mass is 10.2. The number of amides is 1. The van der Waals surface area contributed by atoms with Crippen LogP contribution in [0.2, 0.25) is 0 Å². The summed E-state index contributed by atoms with van der Waals surface area (Å²) in [5.74, 6) is -1.04. The van der Waals surface area contributed by atoms with E-state index in [0.717, 1.165) is 11.8 Å². The minimum Gasteiger partial charge on any atom is -0.480 e. The van der Waals surface area contributed by atoms with Crippen molar-refractivity contribution in [3.05, 3.63) is 0 Å². The maximum absolute atomic E-state index is 11.4. The number of hydrogen-bond acceptors (Lipinski definition) is 5. The maximum Gasteiger partial charge on any atom is 0.408 e. The third kappa shape index (κ3) is 7.79. The number of hydrogen-bond donors (Lipinski definition) is 2. The molecule has 0 saturated carbocycles. The number of rotatable bonds is 5. The molecule has 0 aliphatic rings. The zero-order valence-corrected chi connectivity index (χ0v) is 11.7. The van der Waals surface area contributed by atoms with E-state index in [0.29, 0.717) is 0 Å². The highest BCUT2D eigenvalue weighted by Crippen LogP contribution is 2.12. The van der Waals surface area contributed by atoms with Crippen LogP contribution in [0.15, 0.2) is 0 Å². The molecule has 0 aliphatic heterocycles. The molecule has 7 heteroatoms. The monoisotopic (exact) mass is 274 g/mol. The number of thioether (sulfide) groups is 1.